The summed E-state index contributed by atoms with van der Waals surface area (Å²) in [6.07, 6.45) is 4.25. The monoisotopic (exact) mass is 382 g/mol. The number of anilines is 2. The van der Waals surface area contributed by atoms with Crippen LogP contribution in [0.5, 0.6) is 0 Å². The lowest BCUT2D eigenvalue weighted by Gasteiger charge is -2.12. The lowest BCUT2D eigenvalue weighted by molar-refractivity contribution is -0.115. The number of thioether (sulfide) groups is 2. The van der Waals surface area contributed by atoms with Gasteiger partial charge in [-0.05, 0) is 31.7 Å². The highest BCUT2D eigenvalue weighted by Crippen LogP contribution is 2.30. The fourth-order valence-electron chi connectivity index (χ4n) is 1.89. The Bertz CT molecular complexity index is 662. The van der Waals surface area contributed by atoms with Crippen molar-refractivity contribution in [3.63, 3.8) is 0 Å². The molecule has 5 nitrogen and oxygen atoms in total. The maximum atomic E-state index is 12.4. The van der Waals surface area contributed by atoms with E-state index in [-0.39, 0.29) is 11.2 Å². The summed E-state index contributed by atoms with van der Waals surface area (Å²) in [5.74, 6) is -0.0304. The first kappa shape index (κ1) is 19.1. The largest absolute Gasteiger partial charge is 0.360 e. The van der Waals surface area contributed by atoms with Gasteiger partial charge in [0.2, 0.25) is 11.0 Å². The average Bonchev–Trinajstić information content (AvgIpc) is 3.03. The number of carbonyl (C=O) groups excluding carboxylic acids is 1. The topological polar surface area (TPSA) is 66.9 Å². The van der Waals surface area contributed by atoms with E-state index in [1.807, 2.05) is 37.4 Å². The van der Waals surface area contributed by atoms with E-state index in [1.54, 1.807) is 11.8 Å². The summed E-state index contributed by atoms with van der Waals surface area (Å²) in [5, 5.41) is 15.1. The Hall–Kier alpha value is -1.25. The van der Waals surface area contributed by atoms with Crippen molar-refractivity contribution in [3.05, 3.63) is 24.3 Å². The lowest BCUT2D eigenvalue weighted by Crippen LogP contribution is -2.22. The van der Waals surface area contributed by atoms with Crippen LogP contribution in [-0.4, -0.2) is 34.2 Å². The fraction of sp³-hybridized carbons (Fsp3) is 0.438. The number of benzene rings is 1. The number of carbonyl (C=O) groups is 1. The molecule has 1 amide bonds. The van der Waals surface area contributed by atoms with Gasteiger partial charge >= 0.3 is 0 Å². The van der Waals surface area contributed by atoms with Gasteiger partial charge in [0, 0.05) is 11.4 Å². The molecule has 0 fully saturated rings. The molecule has 0 saturated heterocycles. The van der Waals surface area contributed by atoms with Crippen LogP contribution in [0.1, 0.15) is 26.7 Å². The summed E-state index contributed by atoms with van der Waals surface area (Å²) >= 11 is 4.53. The van der Waals surface area contributed by atoms with E-state index in [4.69, 9.17) is 0 Å². The molecule has 1 heterocycles. The Labute approximate surface area is 155 Å². The van der Waals surface area contributed by atoms with E-state index < -0.39 is 0 Å². The van der Waals surface area contributed by atoms with E-state index in [2.05, 4.69) is 27.8 Å². The molecule has 0 aliphatic carbocycles. The van der Waals surface area contributed by atoms with Gasteiger partial charge < -0.3 is 10.6 Å². The summed E-state index contributed by atoms with van der Waals surface area (Å²) in [7, 11) is 0. The van der Waals surface area contributed by atoms with Gasteiger partial charge in [-0.25, -0.2) is 0 Å². The quantitative estimate of drug-likeness (QED) is 0.488. The number of hydrogen-bond acceptors (Lipinski definition) is 7. The van der Waals surface area contributed by atoms with Crippen LogP contribution in [0.3, 0.4) is 0 Å². The lowest BCUT2D eigenvalue weighted by atomic mass is 10.3. The van der Waals surface area contributed by atoms with E-state index in [1.165, 1.54) is 23.1 Å². The summed E-state index contributed by atoms with van der Waals surface area (Å²) < 4.78 is 0.801. The van der Waals surface area contributed by atoms with Crippen molar-refractivity contribution < 1.29 is 4.79 Å². The number of nitrogens with zero attached hydrogens (tertiary/aromatic N) is 2. The maximum absolute atomic E-state index is 12.4. The average molecular weight is 383 g/mol. The first-order valence-electron chi connectivity index (χ1n) is 7.82. The molecule has 2 rings (SSSR count). The van der Waals surface area contributed by atoms with Crippen molar-refractivity contribution in [1.82, 2.24) is 10.2 Å². The molecular formula is C16H22N4OS3. The molecule has 0 aliphatic heterocycles. The number of amides is 1. The van der Waals surface area contributed by atoms with E-state index in [0.29, 0.717) is 0 Å². The summed E-state index contributed by atoms with van der Waals surface area (Å²) in [4.78, 5) is 13.5. The molecule has 130 valence electrons. The molecule has 0 aliphatic rings. The summed E-state index contributed by atoms with van der Waals surface area (Å²) in [6, 6.07) is 7.80. The van der Waals surface area contributed by atoms with Gasteiger partial charge in [0.05, 0.1) is 10.9 Å². The minimum Gasteiger partial charge on any atom is -0.360 e. The molecule has 24 heavy (non-hydrogen) atoms. The minimum absolute atomic E-state index is 0.0304. The third kappa shape index (κ3) is 5.68. The molecule has 0 radical (unpaired) electrons. The maximum Gasteiger partial charge on any atom is 0.237 e. The third-order valence-corrected chi connectivity index (χ3v) is 6.09. The second kappa shape index (κ2) is 9.90. The summed E-state index contributed by atoms with van der Waals surface area (Å²) in [5.41, 5.74) is 0.849. The highest BCUT2D eigenvalue weighted by molar-refractivity contribution is 8.02. The van der Waals surface area contributed by atoms with Crippen molar-refractivity contribution in [1.29, 1.82) is 0 Å². The predicted molar refractivity (Wildman–Crippen MR) is 105 cm³/mol. The molecule has 0 saturated carbocycles. The summed E-state index contributed by atoms with van der Waals surface area (Å²) in [6.45, 7) is 4.93. The van der Waals surface area contributed by atoms with Crippen LogP contribution in [0.15, 0.2) is 33.5 Å². The number of rotatable bonds is 9. The first-order valence-corrected chi connectivity index (χ1v) is 10.7. The number of unbranched alkanes of at least 4 members (excludes halogenated alkanes) is 1. The number of nitrogens with one attached hydrogen (secondary N) is 2. The Balaban J connectivity index is 1.89. The molecular weight excluding hydrogens is 360 g/mol. The normalized spacial score (nSPS) is 12.0. The van der Waals surface area contributed by atoms with Crippen LogP contribution in [0.2, 0.25) is 0 Å². The van der Waals surface area contributed by atoms with Gasteiger partial charge in [0.1, 0.15) is 0 Å². The second-order valence-corrected chi connectivity index (χ2v) is 8.52. The molecule has 2 N–H and O–H groups in total. The van der Waals surface area contributed by atoms with Crippen LogP contribution >= 0.6 is 34.9 Å². The van der Waals surface area contributed by atoms with Crippen LogP contribution in [-0.2, 0) is 4.79 Å². The molecule has 8 heteroatoms. The number of aromatic nitrogens is 2. The van der Waals surface area contributed by atoms with Crippen LogP contribution in [0.25, 0.3) is 0 Å². The van der Waals surface area contributed by atoms with Gasteiger partial charge in [-0.3, -0.25) is 4.79 Å². The molecule has 0 bridgehead atoms. The standard InChI is InChI=1S/C16H22N4OS3/c1-4-5-10-17-15-19-20-16(24-15)23-11(2)14(21)18-12-8-6-7-9-13(12)22-3/h6-9,11H,4-5,10H2,1-3H3,(H,17,19)(H,18,21). The predicted octanol–water partition coefficient (Wildman–Crippen LogP) is 4.59. The SMILES string of the molecule is CCCCNc1nnc(SC(C)C(=O)Nc2ccccc2SC)s1. The van der Waals surface area contributed by atoms with Crippen molar-refractivity contribution in [2.24, 2.45) is 0 Å². The van der Waals surface area contributed by atoms with Crippen molar-refractivity contribution in [3.8, 4) is 0 Å². The number of hydrogen-bond donors (Lipinski definition) is 2. The Morgan fingerprint density at radius 2 is 2.12 bits per heavy atom. The number of para-hydroxylation sites is 1. The Morgan fingerprint density at radius 3 is 2.88 bits per heavy atom. The highest BCUT2D eigenvalue weighted by Gasteiger charge is 2.18. The van der Waals surface area contributed by atoms with Crippen molar-refractivity contribution >= 4 is 51.6 Å². The fourth-order valence-corrected chi connectivity index (χ4v) is 4.36. The van der Waals surface area contributed by atoms with E-state index in [9.17, 15) is 4.79 Å². The van der Waals surface area contributed by atoms with Gasteiger partial charge in [0.25, 0.3) is 0 Å². The zero-order valence-corrected chi connectivity index (χ0v) is 16.5. The smallest absolute Gasteiger partial charge is 0.237 e. The first-order chi connectivity index (χ1) is 11.6. The van der Waals surface area contributed by atoms with Gasteiger partial charge in [-0.2, -0.15) is 0 Å². The van der Waals surface area contributed by atoms with Gasteiger partial charge in [-0.15, -0.1) is 22.0 Å². The molecule has 1 atom stereocenters. The Kier molecular flexibility index (Phi) is 7.87. The van der Waals surface area contributed by atoms with Crippen LogP contribution in [0, 0.1) is 0 Å². The van der Waals surface area contributed by atoms with Crippen molar-refractivity contribution in [2.45, 2.75) is 41.2 Å². The highest BCUT2D eigenvalue weighted by atomic mass is 32.2. The van der Waals surface area contributed by atoms with Gasteiger partial charge in [0.15, 0.2) is 4.34 Å². The molecule has 1 aromatic heterocycles. The minimum atomic E-state index is -0.239. The van der Waals surface area contributed by atoms with E-state index >= 15 is 0 Å². The Morgan fingerprint density at radius 1 is 1.33 bits per heavy atom. The zero-order chi connectivity index (χ0) is 17.4. The van der Waals surface area contributed by atoms with Gasteiger partial charge in [-0.1, -0.05) is 48.6 Å². The third-order valence-electron chi connectivity index (χ3n) is 3.22. The van der Waals surface area contributed by atoms with Crippen molar-refractivity contribution in [2.75, 3.05) is 23.4 Å². The molecule has 0 spiro atoms. The molecule has 2 aromatic rings. The van der Waals surface area contributed by atoms with E-state index in [0.717, 1.165) is 39.4 Å². The molecule has 1 unspecified atom stereocenters. The zero-order valence-electron chi connectivity index (χ0n) is 14.0. The van der Waals surface area contributed by atoms with Crippen LogP contribution < -0.4 is 10.6 Å². The molecule has 1 aromatic carbocycles. The second-order valence-electron chi connectivity index (χ2n) is 5.10. The van der Waals surface area contributed by atoms with Crippen LogP contribution in [0.4, 0.5) is 10.8 Å².